The van der Waals surface area contributed by atoms with E-state index in [0.29, 0.717) is 12.5 Å². The molecule has 1 aromatic carbocycles. The Morgan fingerprint density at radius 1 is 1.42 bits per heavy atom. The predicted octanol–water partition coefficient (Wildman–Crippen LogP) is 3.80. The topological polar surface area (TPSA) is 29.5 Å². The van der Waals surface area contributed by atoms with Gasteiger partial charge in [0, 0.05) is 16.5 Å². The van der Waals surface area contributed by atoms with E-state index in [2.05, 4.69) is 22.0 Å². The fraction of sp³-hybridized carbons (Fsp3) is 0.625. The van der Waals surface area contributed by atoms with Gasteiger partial charge in [-0.2, -0.15) is 0 Å². The lowest BCUT2D eigenvalue weighted by atomic mass is 9.70. The standard InChI is InChI=1S/C16H21BrO2/c1-19-14-4-5-15(17)12(7-14)9-16(10-18)8-11-2-3-13(16)6-11/h4-5,7,11,13,18H,2-3,6,8-10H2,1H3. The highest BCUT2D eigenvalue weighted by atomic mass is 79.9. The molecule has 2 fully saturated rings. The van der Waals surface area contributed by atoms with Crippen LogP contribution < -0.4 is 4.74 Å². The maximum atomic E-state index is 9.97. The van der Waals surface area contributed by atoms with Crippen molar-refractivity contribution in [3.05, 3.63) is 28.2 Å². The van der Waals surface area contributed by atoms with Crippen molar-refractivity contribution in [1.29, 1.82) is 0 Å². The molecule has 2 aliphatic rings. The molecular weight excluding hydrogens is 304 g/mol. The summed E-state index contributed by atoms with van der Waals surface area (Å²) in [5, 5.41) is 9.97. The number of aliphatic hydroxyl groups excluding tert-OH is 1. The van der Waals surface area contributed by atoms with E-state index in [1.165, 1.54) is 31.2 Å². The lowest BCUT2D eigenvalue weighted by Gasteiger charge is -2.36. The maximum Gasteiger partial charge on any atom is 0.119 e. The molecule has 3 heteroatoms. The Kier molecular flexibility index (Phi) is 3.61. The van der Waals surface area contributed by atoms with E-state index in [1.807, 2.05) is 12.1 Å². The number of rotatable bonds is 4. The molecule has 0 amide bonds. The lowest BCUT2D eigenvalue weighted by Crippen LogP contribution is -2.34. The molecule has 0 radical (unpaired) electrons. The first-order valence-corrected chi connectivity index (χ1v) is 7.89. The summed E-state index contributed by atoms with van der Waals surface area (Å²) in [6, 6.07) is 6.12. The number of fused-ring (bicyclic) bond motifs is 2. The molecule has 2 aliphatic carbocycles. The summed E-state index contributed by atoms with van der Waals surface area (Å²) >= 11 is 3.64. The molecular formula is C16H21BrO2. The Morgan fingerprint density at radius 3 is 2.84 bits per heavy atom. The summed E-state index contributed by atoms with van der Waals surface area (Å²) in [4.78, 5) is 0. The average Bonchev–Trinajstić information content (AvgIpc) is 3.02. The van der Waals surface area contributed by atoms with Crippen molar-refractivity contribution in [2.75, 3.05) is 13.7 Å². The Morgan fingerprint density at radius 2 is 2.26 bits per heavy atom. The Labute approximate surface area is 123 Å². The normalized spacial score (nSPS) is 32.8. The van der Waals surface area contributed by atoms with Crippen molar-refractivity contribution in [3.8, 4) is 5.75 Å². The average molecular weight is 325 g/mol. The van der Waals surface area contributed by atoms with Gasteiger partial charge in [0.1, 0.15) is 5.75 Å². The molecule has 3 atom stereocenters. The number of hydrogen-bond acceptors (Lipinski definition) is 2. The van der Waals surface area contributed by atoms with Crippen molar-refractivity contribution in [1.82, 2.24) is 0 Å². The SMILES string of the molecule is COc1ccc(Br)c(CC2(CO)CC3CCC2C3)c1. The first-order chi connectivity index (χ1) is 9.16. The molecule has 104 valence electrons. The summed E-state index contributed by atoms with van der Waals surface area (Å²) in [5.74, 6) is 2.46. The number of aliphatic hydroxyl groups is 1. The molecule has 1 aromatic rings. The van der Waals surface area contributed by atoms with Crippen molar-refractivity contribution in [2.24, 2.45) is 17.3 Å². The maximum absolute atomic E-state index is 9.97. The van der Waals surface area contributed by atoms with E-state index in [1.54, 1.807) is 7.11 Å². The van der Waals surface area contributed by atoms with Gasteiger partial charge in [-0.05, 0) is 61.3 Å². The molecule has 2 saturated carbocycles. The van der Waals surface area contributed by atoms with Gasteiger partial charge in [0.2, 0.25) is 0 Å². The second-order valence-electron chi connectivity index (χ2n) is 6.23. The van der Waals surface area contributed by atoms with Crippen molar-refractivity contribution >= 4 is 15.9 Å². The Hall–Kier alpha value is -0.540. The molecule has 3 rings (SSSR count). The third kappa shape index (κ3) is 2.31. The van der Waals surface area contributed by atoms with E-state index in [9.17, 15) is 5.11 Å². The summed E-state index contributed by atoms with van der Waals surface area (Å²) in [6.45, 7) is 0.317. The van der Waals surface area contributed by atoms with Crippen LogP contribution in [0.3, 0.4) is 0 Å². The van der Waals surface area contributed by atoms with Gasteiger partial charge in [-0.25, -0.2) is 0 Å². The molecule has 2 nitrogen and oxygen atoms in total. The van der Waals surface area contributed by atoms with Gasteiger partial charge in [-0.1, -0.05) is 22.4 Å². The monoisotopic (exact) mass is 324 g/mol. The van der Waals surface area contributed by atoms with Gasteiger partial charge in [0.25, 0.3) is 0 Å². The minimum atomic E-state index is 0.109. The smallest absolute Gasteiger partial charge is 0.119 e. The zero-order valence-corrected chi connectivity index (χ0v) is 12.9. The van der Waals surface area contributed by atoms with E-state index in [-0.39, 0.29) is 5.41 Å². The van der Waals surface area contributed by atoms with Crippen LogP contribution in [-0.4, -0.2) is 18.8 Å². The second kappa shape index (κ2) is 5.10. The van der Waals surface area contributed by atoms with Gasteiger partial charge >= 0.3 is 0 Å². The quantitative estimate of drug-likeness (QED) is 0.912. The highest BCUT2D eigenvalue weighted by Crippen LogP contribution is 2.57. The van der Waals surface area contributed by atoms with Crippen LogP contribution in [0.25, 0.3) is 0 Å². The number of benzene rings is 1. The van der Waals surface area contributed by atoms with Gasteiger partial charge in [0.15, 0.2) is 0 Å². The third-order valence-electron chi connectivity index (χ3n) is 5.21. The highest BCUT2D eigenvalue weighted by Gasteiger charge is 2.50. The zero-order valence-electron chi connectivity index (χ0n) is 11.4. The van der Waals surface area contributed by atoms with Gasteiger partial charge in [-0.3, -0.25) is 0 Å². The third-order valence-corrected chi connectivity index (χ3v) is 5.99. The predicted molar refractivity (Wildman–Crippen MR) is 79.4 cm³/mol. The van der Waals surface area contributed by atoms with Gasteiger partial charge < -0.3 is 9.84 Å². The van der Waals surface area contributed by atoms with Crippen molar-refractivity contribution < 1.29 is 9.84 Å². The summed E-state index contributed by atoms with van der Waals surface area (Å²) in [7, 11) is 1.70. The van der Waals surface area contributed by atoms with Crippen LogP contribution >= 0.6 is 15.9 Å². The van der Waals surface area contributed by atoms with Crippen LogP contribution in [-0.2, 0) is 6.42 Å². The number of hydrogen-bond donors (Lipinski definition) is 1. The minimum absolute atomic E-state index is 0.109. The molecule has 0 heterocycles. The van der Waals surface area contributed by atoms with E-state index >= 15 is 0 Å². The van der Waals surface area contributed by atoms with Crippen molar-refractivity contribution in [3.63, 3.8) is 0 Å². The number of halogens is 1. The van der Waals surface area contributed by atoms with Crippen LogP contribution in [0.4, 0.5) is 0 Å². The number of methoxy groups -OCH3 is 1. The van der Waals surface area contributed by atoms with E-state index in [4.69, 9.17) is 4.74 Å². The Bertz CT molecular complexity index is 474. The molecule has 19 heavy (non-hydrogen) atoms. The van der Waals surface area contributed by atoms with Crippen LogP contribution in [0.15, 0.2) is 22.7 Å². The Balaban J connectivity index is 1.87. The molecule has 0 spiro atoms. The van der Waals surface area contributed by atoms with Crippen LogP contribution in [0.2, 0.25) is 0 Å². The largest absolute Gasteiger partial charge is 0.497 e. The van der Waals surface area contributed by atoms with Crippen molar-refractivity contribution in [2.45, 2.75) is 32.1 Å². The zero-order chi connectivity index (χ0) is 13.5. The summed E-state index contributed by atoms with van der Waals surface area (Å²) in [5.41, 5.74) is 1.37. The summed E-state index contributed by atoms with van der Waals surface area (Å²) in [6.07, 6.45) is 6.14. The molecule has 0 aromatic heterocycles. The minimum Gasteiger partial charge on any atom is -0.497 e. The fourth-order valence-corrected chi connectivity index (χ4v) is 4.60. The van der Waals surface area contributed by atoms with Gasteiger partial charge in [0.05, 0.1) is 7.11 Å². The lowest BCUT2D eigenvalue weighted by molar-refractivity contribution is 0.0649. The van der Waals surface area contributed by atoms with E-state index < -0.39 is 0 Å². The molecule has 2 bridgehead atoms. The first-order valence-electron chi connectivity index (χ1n) is 7.10. The van der Waals surface area contributed by atoms with Gasteiger partial charge in [-0.15, -0.1) is 0 Å². The van der Waals surface area contributed by atoms with Crippen LogP contribution in [0.1, 0.15) is 31.2 Å². The number of ether oxygens (including phenoxy) is 1. The molecule has 1 N–H and O–H groups in total. The second-order valence-corrected chi connectivity index (χ2v) is 7.09. The molecule has 0 aliphatic heterocycles. The molecule has 3 unspecified atom stereocenters. The van der Waals surface area contributed by atoms with E-state index in [0.717, 1.165) is 22.6 Å². The first kappa shape index (κ1) is 13.4. The van der Waals surface area contributed by atoms with Crippen LogP contribution in [0.5, 0.6) is 5.75 Å². The fourth-order valence-electron chi connectivity index (χ4n) is 4.22. The highest BCUT2D eigenvalue weighted by molar-refractivity contribution is 9.10. The summed E-state index contributed by atoms with van der Waals surface area (Å²) < 4.78 is 6.45. The molecule has 0 saturated heterocycles. The van der Waals surface area contributed by atoms with Crippen LogP contribution in [0, 0.1) is 17.3 Å².